The molecule has 0 aliphatic rings. The molecule has 0 saturated carbocycles. The van der Waals surface area contributed by atoms with Crippen LogP contribution < -0.4 is 4.74 Å². The molecule has 0 aliphatic heterocycles. The molecule has 5 rings (SSSR count). The first-order valence-electron chi connectivity index (χ1n) is 14.2. The molecule has 0 heterocycles. The maximum Gasteiger partial charge on any atom is 0.527 e. The van der Waals surface area contributed by atoms with E-state index in [-0.39, 0.29) is 47.2 Å². The number of rotatable bonds is 9. The van der Waals surface area contributed by atoms with Crippen molar-refractivity contribution in [3.63, 3.8) is 0 Å². The van der Waals surface area contributed by atoms with Gasteiger partial charge < -0.3 is 4.74 Å². The van der Waals surface area contributed by atoms with Crippen LogP contribution in [0.5, 0.6) is 5.75 Å². The second-order valence-electron chi connectivity index (χ2n) is 10.9. The van der Waals surface area contributed by atoms with Crippen LogP contribution in [0.2, 0.25) is 0 Å². The van der Waals surface area contributed by atoms with E-state index < -0.39 is 104 Å². The number of alkyl halides is 7. The highest BCUT2D eigenvalue weighted by Crippen LogP contribution is 2.43. The summed E-state index contributed by atoms with van der Waals surface area (Å²) in [7, 11) is 0. The summed E-state index contributed by atoms with van der Waals surface area (Å²) in [5.41, 5.74) is -8.51. The summed E-state index contributed by atoms with van der Waals surface area (Å²) in [5, 5.41) is -0.0285. The van der Waals surface area contributed by atoms with Crippen LogP contribution in [0.1, 0.15) is 30.0 Å². The lowest BCUT2D eigenvalue weighted by Gasteiger charge is -2.21. The zero-order chi connectivity index (χ0) is 37.8. The number of fused-ring (bicyclic) bond motifs is 1. The average Bonchev–Trinajstić information content (AvgIpc) is 2.94. The molecule has 0 saturated heterocycles. The van der Waals surface area contributed by atoms with Crippen molar-refractivity contribution in [1.29, 1.82) is 0 Å². The van der Waals surface area contributed by atoms with Crippen molar-refractivity contribution in [3.05, 3.63) is 124 Å². The molecule has 0 radical (unpaired) electrons. The van der Waals surface area contributed by atoms with Gasteiger partial charge >= 0.3 is 18.6 Å². The van der Waals surface area contributed by atoms with Crippen LogP contribution in [0.25, 0.3) is 33.0 Å². The van der Waals surface area contributed by atoms with Gasteiger partial charge in [0.1, 0.15) is 63.4 Å². The normalized spacial score (nSPS) is 12.5. The Morgan fingerprint density at radius 3 is 1.49 bits per heavy atom. The number of halogens is 15. The summed E-state index contributed by atoms with van der Waals surface area (Å²) in [4.78, 5) is 0. The van der Waals surface area contributed by atoms with Crippen molar-refractivity contribution in [3.8, 4) is 28.0 Å². The topological polar surface area (TPSA) is 18.5 Å². The Morgan fingerprint density at radius 1 is 0.529 bits per heavy atom. The summed E-state index contributed by atoms with van der Waals surface area (Å²) >= 11 is 0. The standard InChI is InChI=1S/C34H17F15O2/c1-2-3-14-4-5-19-15(6-14)7-20(35)28(31(19)42)17-10-23(38)29(24(39)11-17)32(43,44)50-18-12-21(36)27(22(37)13-18)16-8-25(40)30(26(41)9-16)33(45,46)51-34(47,48)49/h4-13H,2-3H2,1H3. The molecular formula is C34H17F15O2. The summed E-state index contributed by atoms with van der Waals surface area (Å²) in [5.74, 6) is -17.1. The summed E-state index contributed by atoms with van der Waals surface area (Å²) in [6.07, 6.45) is -15.5. The minimum atomic E-state index is -6.07. The first-order valence-corrected chi connectivity index (χ1v) is 14.2. The maximum atomic E-state index is 15.4. The minimum Gasteiger partial charge on any atom is -0.429 e. The summed E-state index contributed by atoms with van der Waals surface area (Å²) < 4.78 is 220. The molecular weight excluding hydrogens is 725 g/mol. The van der Waals surface area contributed by atoms with Gasteiger partial charge in [0, 0.05) is 17.5 Å². The van der Waals surface area contributed by atoms with Crippen LogP contribution in [0, 0.1) is 46.5 Å². The van der Waals surface area contributed by atoms with Gasteiger partial charge in [-0.3, -0.25) is 0 Å². The third kappa shape index (κ3) is 7.43. The second kappa shape index (κ2) is 13.3. The molecule has 5 aromatic carbocycles. The lowest BCUT2D eigenvalue weighted by molar-refractivity contribution is -0.432. The summed E-state index contributed by atoms with van der Waals surface area (Å²) in [6.45, 7) is 1.87. The van der Waals surface area contributed by atoms with Gasteiger partial charge in [-0.15, -0.1) is 13.2 Å². The monoisotopic (exact) mass is 742 g/mol. The Hall–Kier alpha value is -4.93. The van der Waals surface area contributed by atoms with E-state index >= 15 is 26.3 Å². The molecule has 0 spiro atoms. The van der Waals surface area contributed by atoms with E-state index in [2.05, 4.69) is 9.47 Å². The van der Waals surface area contributed by atoms with Gasteiger partial charge in [-0.1, -0.05) is 31.5 Å². The number of benzene rings is 5. The SMILES string of the molecule is CCCc1ccc2c(F)c(-c3cc(F)c(C(F)(F)Oc4cc(F)c(-c5cc(F)c(C(F)(F)OC(F)(F)F)c(F)c5)c(F)c4)c(F)c3)c(F)cc2c1. The van der Waals surface area contributed by atoms with Crippen LogP contribution >= 0.6 is 0 Å². The first kappa shape index (κ1) is 37.3. The van der Waals surface area contributed by atoms with Crippen molar-refractivity contribution < 1.29 is 75.3 Å². The third-order valence-corrected chi connectivity index (χ3v) is 7.38. The van der Waals surface area contributed by atoms with E-state index in [0.29, 0.717) is 6.42 Å². The lowest BCUT2D eigenvalue weighted by atomic mass is 9.96. The predicted molar refractivity (Wildman–Crippen MR) is 150 cm³/mol. The minimum absolute atomic E-state index is 0.0622. The molecule has 0 amide bonds. The van der Waals surface area contributed by atoms with Crippen LogP contribution in [0.4, 0.5) is 65.9 Å². The Morgan fingerprint density at radius 2 is 1.00 bits per heavy atom. The van der Waals surface area contributed by atoms with Crippen molar-refractivity contribution in [2.24, 2.45) is 0 Å². The molecule has 270 valence electrons. The van der Waals surface area contributed by atoms with E-state index in [1.54, 1.807) is 6.07 Å². The van der Waals surface area contributed by atoms with E-state index in [9.17, 15) is 39.5 Å². The van der Waals surface area contributed by atoms with E-state index in [1.807, 2.05) is 6.92 Å². The van der Waals surface area contributed by atoms with Crippen LogP contribution in [-0.2, 0) is 23.4 Å². The second-order valence-corrected chi connectivity index (χ2v) is 10.9. The Bertz CT molecular complexity index is 2090. The molecule has 0 atom stereocenters. The van der Waals surface area contributed by atoms with Crippen LogP contribution in [-0.4, -0.2) is 6.36 Å². The van der Waals surface area contributed by atoms with Gasteiger partial charge in [0.15, 0.2) is 0 Å². The average molecular weight is 742 g/mol. The molecule has 0 N–H and O–H groups in total. The molecule has 0 fully saturated rings. The molecule has 0 aliphatic carbocycles. The van der Waals surface area contributed by atoms with Crippen molar-refractivity contribution in [2.75, 3.05) is 0 Å². The highest BCUT2D eigenvalue weighted by molar-refractivity contribution is 5.89. The number of aryl methyl sites for hydroxylation is 1. The smallest absolute Gasteiger partial charge is 0.429 e. The highest BCUT2D eigenvalue weighted by atomic mass is 19.4. The molecule has 0 bridgehead atoms. The predicted octanol–water partition coefficient (Wildman–Crippen LogP) is 12.0. The van der Waals surface area contributed by atoms with Gasteiger partial charge in [0.2, 0.25) is 0 Å². The van der Waals surface area contributed by atoms with Crippen molar-refractivity contribution in [2.45, 2.75) is 38.3 Å². The number of hydrogen-bond donors (Lipinski definition) is 0. The van der Waals surface area contributed by atoms with Gasteiger partial charge in [0.05, 0.1) is 11.1 Å². The Labute approximate surface area is 276 Å². The fraction of sp³-hybridized carbons (Fsp3) is 0.176. The quantitative estimate of drug-likeness (QED) is 0.140. The molecule has 5 aromatic rings. The fourth-order valence-electron chi connectivity index (χ4n) is 5.36. The van der Waals surface area contributed by atoms with Crippen LogP contribution in [0.3, 0.4) is 0 Å². The maximum absolute atomic E-state index is 15.4. The van der Waals surface area contributed by atoms with E-state index in [1.165, 1.54) is 12.1 Å². The highest BCUT2D eigenvalue weighted by Gasteiger charge is 2.49. The Kier molecular flexibility index (Phi) is 9.75. The van der Waals surface area contributed by atoms with Gasteiger partial charge in [0.25, 0.3) is 0 Å². The Balaban J connectivity index is 1.47. The molecule has 51 heavy (non-hydrogen) atoms. The molecule has 17 heteroatoms. The van der Waals surface area contributed by atoms with Gasteiger partial charge in [-0.2, -0.15) is 17.6 Å². The van der Waals surface area contributed by atoms with Gasteiger partial charge in [-0.05, 0) is 58.8 Å². The largest absolute Gasteiger partial charge is 0.527 e. The third-order valence-electron chi connectivity index (χ3n) is 7.38. The van der Waals surface area contributed by atoms with E-state index in [4.69, 9.17) is 0 Å². The summed E-state index contributed by atoms with van der Waals surface area (Å²) in [6, 6.07) is 5.02. The molecule has 2 nitrogen and oxygen atoms in total. The van der Waals surface area contributed by atoms with E-state index in [0.717, 1.165) is 18.1 Å². The van der Waals surface area contributed by atoms with Crippen molar-refractivity contribution >= 4 is 10.8 Å². The zero-order valence-corrected chi connectivity index (χ0v) is 25.2. The first-order chi connectivity index (χ1) is 23.6. The van der Waals surface area contributed by atoms with Crippen LogP contribution in [0.15, 0.2) is 60.7 Å². The van der Waals surface area contributed by atoms with Crippen molar-refractivity contribution in [1.82, 2.24) is 0 Å². The molecule has 0 aromatic heterocycles. The molecule has 0 unspecified atom stereocenters. The van der Waals surface area contributed by atoms with Gasteiger partial charge in [-0.25, -0.2) is 39.9 Å². The lowest BCUT2D eigenvalue weighted by Crippen LogP contribution is -2.29. The number of ether oxygens (including phenoxy) is 2. The zero-order valence-electron chi connectivity index (χ0n) is 25.2. The fourth-order valence-corrected chi connectivity index (χ4v) is 5.36. The number of hydrogen-bond acceptors (Lipinski definition) is 2.